The van der Waals surface area contributed by atoms with Crippen LogP contribution in [0.25, 0.3) is 11.4 Å². The smallest absolute Gasteiger partial charge is 0.344 e. The van der Waals surface area contributed by atoms with Crippen molar-refractivity contribution in [1.29, 1.82) is 0 Å². The molecule has 6 nitrogen and oxygen atoms in total. The molecule has 0 amide bonds. The van der Waals surface area contributed by atoms with Gasteiger partial charge in [-0.15, -0.1) is 0 Å². The predicted molar refractivity (Wildman–Crippen MR) is 103 cm³/mol. The number of aryl methyl sites for hydroxylation is 2. The Morgan fingerprint density at radius 3 is 2.82 bits per heavy atom. The van der Waals surface area contributed by atoms with Crippen LogP contribution < -0.4 is 4.74 Å². The second kappa shape index (κ2) is 8.25. The molecule has 0 fully saturated rings. The number of aromatic nitrogens is 2. The van der Waals surface area contributed by atoms with Gasteiger partial charge in [-0.3, -0.25) is 0 Å². The van der Waals surface area contributed by atoms with Crippen LogP contribution in [0.15, 0.2) is 53.1 Å². The van der Waals surface area contributed by atoms with Gasteiger partial charge in [-0.25, -0.2) is 4.79 Å². The minimum Gasteiger partial charge on any atom is -0.479 e. The third-order valence-corrected chi connectivity index (χ3v) is 5.00. The van der Waals surface area contributed by atoms with Crippen LogP contribution in [0, 0.1) is 0 Å². The third kappa shape index (κ3) is 4.06. The van der Waals surface area contributed by atoms with Crippen molar-refractivity contribution >= 4 is 5.97 Å². The summed E-state index contributed by atoms with van der Waals surface area (Å²) in [6.07, 6.45) is 3.66. The first-order valence-corrected chi connectivity index (χ1v) is 9.59. The maximum atomic E-state index is 11.7. The van der Waals surface area contributed by atoms with Crippen molar-refractivity contribution < 1.29 is 19.2 Å². The van der Waals surface area contributed by atoms with E-state index in [-0.39, 0.29) is 0 Å². The maximum Gasteiger partial charge on any atom is 0.344 e. The molecule has 1 heterocycles. The Morgan fingerprint density at radius 1 is 1.14 bits per heavy atom. The summed E-state index contributed by atoms with van der Waals surface area (Å²) >= 11 is 0. The molecule has 0 saturated heterocycles. The summed E-state index contributed by atoms with van der Waals surface area (Å²) in [5.74, 6) is 0.794. The van der Waals surface area contributed by atoms with Crippen LogP contribution in [0.3, 0.4) is 0 Å². The lowest BCUT2D eigenvalue weighted by Crippen LogP contribution is -2.27. The number of aliphatic carboxylic acids is 1. The van der Waals surface area contributed by atoms with E-state index in [2.05, 4.69) is 16.2 Å². The molecule has 2 aromatic carbocycles. The van der Waals surface area contributed by atoms with Gasteiger partial charge in [-0.05, 0) is 49.3 Å². The molecule has 3 aromatic rings. The van der Waals surface area contributed by atoms with E-state index in [0.29, 0.717) is 36.7 Å². The quantitative estimate of drug-likeness (QED) is 0.636. The number of nitrogens with zero attached hydrogens (tertiary/aromatic N) is 2. The number of carbonyl (C=O) groups is 1. The van der Waals surface area contributed by atoms with E-state index in [9.17, 15) is 9.90 Å². The topological polar surface area (TPSA) is 85.5 Å². The lowest BCUT2D eigenvalue weighted by molar-refractivity contribution is -0.145. The highest BCUT2D eigenvalue weighted by atomic mass is 16.5. The van der Waals surface area contributed by atoms with Gasteiger partial charge in [0.05, 0.1) is 0 Å². The fourth-order valence-corrected chi connectivity index (χ4v) is 3.58. The van der Waals surface area contributed by atoms with Crippen molar-refractivity contribution in [3.63, 3.8) is 0 Å². The average Bonchev–Trinajstić information content (AvgIpc) is 3.37. The van der Waals surface area contributed by atoms with Gasteiger partial charge in [0.25, 0.3) is 0 Å². The average molecular weight is 378 g/mol. The molecule has 144 valence electrons. The molecule has 0 radical (unpaired) electrons. The summed E-state index contributed by atoms with van der Waals surface area (Å²) < 4.78 is 11.2. The Balaban J connectivity index is 1.36. The van der Waals surface area contributed by atoms with Crippen molar-refractivity contribution in [2.75, 3.05) is 0 Å². The SMILES string of the molecule is O=C(O)C(CCCc1nc(-c2ccccc2)no1)Oc1cccc2c1CCC2. The monoisotopic (exact) mass is 378 g/mol. The second-order valence-corrected chi connectivity index (χ2v) is 6.96. The van der Waals surface area contributed by atoms with Gasteiger partial charge in [-0.1, -0.05) is 47.6 Å². The number of ether oxygens (including phenoxy) is 1. The van der Waals surface area contributed by atoms with E-state index in [0.717, 1.165) is 30.4 Å². The first-order valence-electron chi connectivity index (χ1n) is 9.59. The molecule has 1 atom stereocenters. The summed E-state index contributed by atoms with van der Waals surface area (Å²) in [6.45, 7) is 0. The normalized spacial score (nSPS) is 13.9. The molecule has 0 spiro atoms. The lowest BCUT2D eigenvalue weighted by atomic mass is 10.1. The first-order chi connectivity index (χ1) is 13.7. The molecule has 0 bridgehead atoms. The van der Waals surface area contributed by atoms with E-state index in [1.54, 1.807) is 0 Å². The largest absolute Gasteiger partial charge is 0.479 e. The van der Waals surface area contributed by atoms with Crippen LogP contribution in [-0.4, -0.2) is 27.3 Å². The molecule has 1 aromatic heterocycles. The highest BCUT2D eigenvalue weighted by molar-refractivity contribution is 5.72. The first kappa shape index (κ1) is 18.2. The van der Waals surface area contributed by atoms with E-state index in [4.69, 9.17) is 9.26 Å². The summed E-state index contributed by atoms with van der Waals surface area (Å²) in [5.41, 5.74) is 3.31. The molecule has 28 heavy (non-hydrogen) atoms. The van der Waals surface area contributed by atoms with Gasteiger partial charge in [0.1, 0.15) is 5.75 Å². The van der Waals surface area contributed by atoms with Crippen LogP contribution in [0.5, 0.6) is 5.75 Å². The Kier molecular flexibility index (Phi) is 5.37. The zero-order chi connectivity index (χ0) is 19.3. The molecule has 6 heteroatoms. The number of carboxylic acid groups (broad SMARTS) is 1. The van der Waals surface area contributed by atoms with Crippen LogP contribution in [0.2, 0.25) is 0 Å². The Bertz CT molecular complexity index is 952. The molecule has 0 aliphatic heterocycles. The standard InChI is InChI=1S/C22H22N2O4/c25-22(26)19(27-18-12-5-10-15-9-4-11-17(15)18)13-6-14-20-23-21(24-28-20)16-7-2-1-3-8-16/h1-3,5,7-8,10,12,19H,4,6,9,11,13-14H2,(H,25,26). The van der Waals surface area contributed by atoms with Crippen molar-refractivity contribution in [2.24, 2.45) is 0 Å². The highest BCUT2D eigenvalue weighted by Crippen LogP contribution is 2.31. The van der Waals surface area contributed by atoms with E-state index >= 15 is 0 Å². The summed E-state index contributed by atoms with van der Waals surface area (Å²) in [4.78, 5) is 16.0. The zero-order valence-corrected chi connectivity index (χ0v) is 15.5. The molecule has 1 N–H and O–H groups in total. The third-order valence-electron chi connectivity index (χ3n) is 5.00. The van der Waals surface area contributed by atoms with Crippen molar-refractivity contribution in [3.8, 4) is 17.1 Å². The molecule has 4 rings (SSSR count). The Morgan fingerprint density at radius 2 is 2.00 bits per heavy atom. The molecule has 1 aliphatic rings. The lowest BCUT2D eigenvalue weighted by Gasteiger charge is -2.17. The second-order valence-electron chi connectivity index (χ2n) is 6.96. The zero-order valence-electron chi connectivity index (χ0n) is 15.5. The fraction of sp³-hybridized carbons (Fsp3) is 0.318. The number of fused-ring (bicyclic) bond motifs is 1. The summed E-state index contributed by atoms with van der Waals surface area (Å²) in [6, 6.07) is 15.5. The number of carboxylic acids is 1. The predicted octanol–water partition coefficient (Wildman–Crippen LogP) is 4.08. The number of hydrogen-bond donors (Lipinski definition) is 1. The summed E-state index contributed by atoms with van der Waals surface area (Å²) in [5, 5.41) is 13.5. The van der Waals surface area contributed by atoms with Crippen LogP contribution in [0.1, 0.15) is 36.3 Å². The molecule has 0 saturated carbocycles. The van der Waals surface area contributed by atoms with Gasteiger partial charge >= 0.3 is 5.97 Å². The molecule has 1 unspecified atom stereocenters. The maximum absolute atomic E-state index is 11.7. The molecular weight excluding hydrogens is 356 g/mol. The Hall–Kier alpha value is -3.15. The van der Waals surface area contributed by atoms with Gasteiger partial charge in [0, 0.05) is 12.0 Å². The highest BCUT2D eigenvalue weighted by Gasteiger charge is 2.23. The number of hydrogen-bond acceptors (Lipinski definition) is 5. The van der Waals surface area contributed by atoms with Crippen molar-refractivity contribution in [1.82, 2.24) is 10.1 Å². The fourth-order valence-electron chi connectivity index (χ4n) is 3.58. The van der Waals surface area contributed by atoms with E-state index in [1.807, 2.05) is 42.5 Å². The van der Waals surface area contributed by atoms with Crippen molar-refractivity contribution in [3.05, 3.63) is 65.5 Å². The van der Waals surface area contributed by atoms with E-state index < -0.39 is 12.1 Å². The van der Waals surface area contributed by atoms with E-state index in [1.165, 1.54) is 5.56 Å². The van der Waals surface area contributed by atoms with Crippen LogP contribution in [0.4, 0.5) is 0 Å². The van der Waals surface area contributed by atoms with Gasteiger partial charge in [0.15, 0.2) is 6.10 Å². The van der Waals surface area contributed by atoms with Crippen LogP contribution in [-0.2, 0) is 24.1 Å². The number of benzene rings is 2. The molecular formula is C22H22N2O4. The van der Waals surface area contributed by atoms with Crippen molar-refractivity contribution in [2.45, 2.75) is 44.6 Å². The minimum atomic E-state index is -0.953. The van der Waals surface area contributed by atoms with Gasteiger partial charge < -0.3 is 14.4 Å². The molecule has 1 aliphatic carbocycles. The minimum absolute atomic E-state index is 0.377. The summed E-state index contributed by atoms with van der Waals surface area (Å²) in [7, 11) is 0. The number of rotatable bonds is 8. The Labute approximate surface area is 163 Å². The van der Waals surface area contributed by atoms with Gasteiger partial charge in [-0.2, -0.15) is 4.98 Å². The van der Waals surface area contributed by atoms with Crippen LogP contribution >= 0.6 is 0 Å². The van der Waals surface area contributed by atoms with Gasteiger partial charge in [0.2, 0.25) is 11.7 Å².